The molecule has 0 saturated carbocycles. The van der Waals surface area contributed by atoms with Crippen LogP contribution in [0.3, 0.4) is 0 Å². The average molecular weight is 274 g/mol. The number of cyclic esters (lactones) is 1. The number of anilines is 1. The molecule has 1 aliphatic rings. The van der Waals surface area contributed by atoms with Gasteiger partial charge in [0.25, 0.3) is 5.91 Å². The van der Waals surface area contributed by atoms with Crippen LogP contribution in [0.1, 0.15) is 12.8 Å². The van der Waals surface area contributed by atoms with Gasteiger partial charge in [-0.2, -0.15) is 0 Å². The number of ether oxygens (including phenoxy) is 1. The lowest BCUT2D eigenvalue weighted by atomic mass is 10.2. The maximum Gasteiger partial charge on any atom is 0.306 e. The van der Waals surface area contributed by atoms with Crippen molar-refractivity contribution in [1.82, 2.24) is 0 Å². The molecule has 1 aromatic carbocycles. The predicted molar refractivity (Wildman–Crippen MR) is 64.2 cm³/mol. The van der Waals surface area contributed by atoms with Gasteiger partial charge < -0.3 is 10.1 Å². The van der Waals surface area contributed by atoms with E-state index in [4.69, 9.17) is 27.9 Å². The highest BCUT2D eigenvalue weighted by atomic mass is 35.5. The zero-order valence-corrected chi connectivity index (χ0v) is 10.2. The summed E-state index contributed by atoms with van der Waals surface area (Å²) in [5.74, 6) is -0.719. The molecular weight excluding hydrogens is 265 g/mol. The number of amides is 1. The molecule has 1 heterocycles. The summed E-state index contributed by atoms with van der Waals surface area (Å²) in [7, 11) is 0. The molecule has 0 spiro atoms. The van der Waals surface area contributed by atoms with Gasteiger partial charge in [0.05, 0.1) is 0 Å². The molecule has 0 bridgehead atoms. The average Bonchev–Trinajstić information content (AvgIpc) is 2.63. The van der Waals surface area contributed by atoms with E-state index >= 15 is 0 Å². The van der Waals surface area contributed by atoms with Crippen molar-refractivity contribution < 1.29 is 14.3 Å². The van der Waals surface area contributed by atoms with E-state index < -0.39 is 6.10 Å². The number of hydrogen-bond acceptors (Lipinski definition) is 3. The number of carbonyl (C=O) groups is 2. The molecule has 0 aliphatic carbocycles. The molecule has 90 valence electrons. The Morgan fingerprint density at radius 1 is 1.29 bits per heavy atom. The van der Waals surface area contributed by atoms with Crippen molar-refractivity contribution in [3.63, 3.8) is 0 Å². The van der Waals surface area contributed by atoms with Crippen molar-refractivity contribution in [2.45, 2.75) is 18.9 Å². The van der Waals surface area contributed by atoms with Gasteiger partial charge in [-0.05, 0) is 18.2 Å². The molecule has 6 heteroatoms. The van der Waals surface area contributed by atoms with Gasteiger partial charge in [0, 0.05) is 28.6 Å². The van der Waals surface area contributed by atoms with Crippen molar-refractivity contribution in [3.8, 4) is 0 Å². The number of halogens is 2. The van der Waals surface area contributed by atoms with Crippen LogP contribution in [0.2, 0.25) is 10.0 Å². The van der Waals surface area contributed by atoms with Crippen LogP contribution in [0.5, 0.6) is 0 Å². The Morgan fingerprint density at radius 2 is 1.94 bits per heavy atom. The minimum Gasteiger partial charge on any atom is -0.452 e. The van der Waals surface area contributed by atoms with Crippen LogP contribution < -0.4 is 5.32 Å². The summed E-state index contributed by atoms with van der Waals surface area (Å²) >= 11 is 11.6. The largest absolute Gasteiger partial charge is 0.452 e. The van der Waals surface area contributed by atoms with Crippen molar-refractivity contribution in [2.24, 2.45) is 0 Å². The van der Waals surface area contributed by atoms with E-state index in [1.807, 2.05) is 0 Å². The first-order valence-electron chi connectivity index (χ1n) is 5.01. The lowest BCUT2D eigenvalue weighted by Gasteiger charge is -2.10. The molecule has 0 aromatic heterocycles. The van der Waals surface area contributed by atoms with Crippen LogP contribution in [-0.4, -0.2) is 18.0 Å². The zero-order valence-electron chi connectivity index (χ0n) is 8.70. The molecule has 17 heavy (non-hydrogen) atoms. The first-order chi connectivity index (χ1) is 8.04. The Kier molecular flexibility index (Phi) is 3.54. The summed E-state index contributed by atoms with van der Waals surface area (Å²) in [5, 5.41) is 3.46. The van der Waals surface area contributed by atoms with Crippen LogP contribution in [0.4, 0.5) is 5.69 Å². The fraction of sp³-hybridized carbons (Fsp3) is 0.273. The normalized spacial score (nSPS) is 18.9. The third kappa shape index (κ3) is 3.11. The van der Waals surface area contributed by atoms with E-state index in [0.717, 1.165) is 0 Å². The summed E-state index contributed by atoms with van der Waals surface area (Å²) in [6.45, 7) is 0. The van der Waals surface area contributed by atoms with E-state index in [1.54, 1.807) is 18.2 Å². The van der Waals surface area contributed by atoms with Crippen LogP contribution in [0.25, 0.3) is 0 Å². The number of nitrogens with one attached hydrogen (secondary N) is 1. The summed E-state index contributed by atoms with van der Waals surface area (Å²) in [6.07, 6.45) is -0.0480. The third-order valence-electron chi connectivity index (χ3n) is 2.31. The summed E-state index contributed by atoms with van der Waals surface area (Å²) < 4.78 is 4.84. The number of benzene rings is 1. The molecule has 4 nitrogen and oxygen atoms in total. The van der Waals surface area contributed by atoms with Crippen molar-refractivity contribution in [3.05, 3.63) is 28.2 Å². The molecule has 1 aromatic rings. The van der Waals surface area contributed by atoms with E-state index in [2.05, 4.69) is 5.32 Å². The Labute approximate surface area is 108 Å². The number of carbonyl (C=O) groups excluding carboxylic acids is 2. The second-order valence-corrected chi connectivity index (χ2v) is 4.54. The first kappa shape index (κ1) is 12.2. The van der Waals surface area contributed by atoms with Gasteiger partial charge in [0.1, 0.15) is 0 Å². The summed E-state index contributed by atoms with van der Waals surface area (Å²) in [4.78, 5) is 22.6. The topological polar surface area (TPSA) is 55.4 Å². The highest BCUT2D eigenvalue weighted by Crippen LogP contribution is 2.23. The van der Waals surface area contributed by atoms with Crippen molar-refractivity contribution in [2.75, 3.05) is 5.32 Å². The Bertz CT molecular complexity index is 456. The monoisotopic (exact) mass is 273 g/mol. The van der Waals surface area contributed by atoms with Crippen LogP contribution in [-0.2, 0) is 14.3 Å². The molecule has 1 amide bonds. The molecular formula is C11H9Cl2NO3. The van der Waals surface area contributed by atoms with Gasteiger partial charge in [0.2, 0.25) is 0 Å². The number of rotatable bonds is 2. The van der Waals surface area contributed by atoms with Crippen molar-refractivity contribution >= 4 is 40.8 Å². The molecule has 1 N–H and O–H groups in total. The minimum atomic E-state index is -0.722. The second-order valence-electron chi connectivity index (χ2n) is 3.66. The van der Waals surface area contributed by atoms with Gasteiger partial charge in [-0.3, -0.25) is 9.59 Å². The van der Waals surface area contributed by atoms with E-state index in [1.165, 1.54) is 0 Å². The minimum absolute atomic E-state index is 0.272. The molecule has 2 rings (SSSR count). The van der Waals surface area contributed by atoms with Crippen LogP contribution in [0, 0.1) is 0 Å². The van der Waals surface area contributed by atoms with E-state index in [9.17, 15) is 9.59 Å². The van der Waals surface area contributed by atoms with Crippen molar-refractivity contribution in [1.29, 1.82) is 0 Å². The first-order valence-corrected chi connectivity index (χ1v) is 5.76. The van der Waals surface area contributed by atoms with Gasteiger partial charge in [-0.1, -0.05) is 23.2 Å². The zero-order chi connectivity index (χ0) is 12.4. The van der Waals surface area contributed by atoms with Crippen LogP contribution in [0.15, 0.2) is 18.2 Å². The smallest absolute Gasteiger partial charge is 0.306 e. The summed E-state index contributed by atoms with van der Waals surface area (Å²) in [6, 6.07) is 4.71. The lowest BCUT2D eigenvalue weighted by molar-refractivity contribution is -0.146. The second kappa shape index (κ2) is 4.94. The van der Waals surface area contributed by atoms with Gasteiger partial charge >= 0.3 is 5.97 Å². The third-order valence-corrected chi connectivity index (χ3v) is 2.74. The Hall–Kier alpha value is -1.26. The van der Waals surface area contributed by atoms with Gasteiger partial charge in [-0.25, -0.2) is 0 Å². The summed E-state index contributed by atoms with van der Waals surface area (Å²) in [5.41, 5.74) is 0.482. The number of hydrogen-bond donors (Lipinski definition) is 1. The number of esters is 1. The predicted octanol–water partition coefficient (Wildman–Crippen LogP) is 2.64. The Morgan fingerprint density at radius 3 is 2.47 bits per heavy atom. The molecule has 0 unspecified atom stereocenters. The highest BCUT2D eigenvalue weighted by molar-refractivity contribution is 6.35. The van der Waals surface area contributed by atoms with E-state index in [-0.39, 0.29) is 18.3 Å². The lowest BCUT2D eigenvalue weighted by Crippen LogP contribution is -2.27. The van der Waals surface area contributed by atoms with Crippen LogP contribution >= 0.6 is 23.2 Å². The maximum atomic E-state index is 11.7. The molecule has 1 fully saturated rings. The standard InChI is InChI=1S/C11H9Cl2NO3/c12-6-3-7(13)5-8(4-6)14-11(16)9-1-2-10(15)17-9/h3-5,9H,1-2H2,(H,14,16)/t9-/m0/s1. The maximum absolute atomic E-state index is 11.7. The van der Waals surface area contributed by atoms with Gasteiger partial charge in [0.15, 0.2) is 6.10 Å². The SMILES string of the molecule is O=C1CC[C@@H](C(=O)Nc2cc(Cl)cc(Cl)c2)O1. The fourth-order valence-corrected chi connectivity index (χ4v) is 2.08. The fourth-order valence-electron chi connectivity index (χ4n) is 1.56. The van der Waals surface area contributed by atoms with Gasteiger partial charge in [-0.15, -0.1) is 0 Å². The molecule has 0 radical (unpaired) electrons. The molecule has 1 saturated heterocycles. The van der Waals surface area contributed by atoms with E-state index in [0.29, 0.717) is 22.2 Å². The highest BCUT2D eigenvalue weighted by Gasteiger charge is 2.29. The molecule has 1 atom stereocenters. The molecule has 1 aliphatic heterocycles. The quantitative estimate of drug-likeness (QED) is 0.843. The Balaban J connectivity index is 2.05.